The molecule has 0 bridgehead atoms. The van der Waals surface area contributed by atoms with Gasteiger partial charge in [0.25, 0.3) is 0 Å². The van der Waals surface area contributed by atoms with Crippen LogP contribution in [0.3, 0.4) is 0 Å². The zero-order valence-electron chi connectivity index (χ0n) is 14.9. The largest absolute Gasteiger partial charge is 0.454 e. The first-order valence-electron chi connectivity index (χ1n) is 8.24. The third kappa shape index (κ3) is 5.17. The number of ether oxygens (including phenoxy) is 2. The van der Waals surface area contributed by atoms with Crippen molar-refractivity contribution in [3.63, 3.8) is 0 Å². The van der Waals surface area contributed by atoms with Gasteiger partial charge in [-0.1, -0.05) is 25.8 Å². The van der Waals surface area contributed by atoms with Crippen molar-refractivity contribution in [3.05, 3.63) is 12.2 Å². The average Bonchev–Trinajstić information content (AvgIpc) is 2.50. The summed E-state index contributed by atoms with van der Waals surface area (Å²) >= 11 is 0. The Balaban J connectivity index is 3.32. The van der Waals surface area contributed by atoms with E-state index in [9.17, 15) is 31.5 Å². The van der Waals surface area contributed by atoms with Crippen molar-refractivity contribution >= 4 is 11.9 Å². The normalized spacial score (nSPS) is 20.0. The molecule has 9 heteroatoms. The molecule has 0 radical (unpaired) electrons. The number of carbonyl (C=O) groups is 2. The summed E-state index contributed by atoms with van der Waals surface area (Å²) in [7, 11) is 0. The summed E-state index contributed by atoms with van der Waals surface area (Å²) in [6, 6.07) is 0. The lowest BCUT2D eigenvalue weighted by Crippen LogP contribution is -2.60. The van der Waals surface area contributed by atoms with E-state index in [4.69, 9.17) is 4.74 Å². The molecular formula is C17H23F5O4. The highest BCUT2D eigenvalue weighted by molar-refractivity contribution is 5.87. The van der Waals surface area contributed by atoms with Crippen LogP contribution < -0.4 is 0 Å². The molecule has 0 N–H and O–H groups in total. The van der Waals surface area contributed by atoms with Crippen molar-refractivity contribution in [2.45, 2.75) is 76.7 Å². The molecule has 0 saturated heterocycles. The van der Waals surface area contributed by atoms with Gasteiger partial charge in [-0.3, -0.25) is 0 Å². The van der Waals surface area contributed by atoms with E-state index in [0.29, 0.717) is 32.6 Å². The zero-order valence-corrected chi connectivity index (χ0v) is 14.9. The van der Waals surface area contributed by atoms with Gasteiger partial charge in [0.1, 0.15) is 0 Å². The fraction of sp³-hybridized carbons (Fsp3) is 0.765. The summed E-state index contributed by atoms with van der Waals surface area (Å²) in [5.41, 5.74) is -3.56. The zero-order chi connectivity index (χ0) is 20.3. The molecule has 26 heavy (non-hydrogen) atoms. The first kappa shape index (κ1) is 22.4. The lowest BCUT2D eigenvalue weighted by atomic mass is 9.78. The van der Waals surface area contributed by atoms with E-state index >= 15 is 0 Å². The Hall–Kier alpha value is -1.67. The Bertz CT molecular complexity index is 546. The molecule has 0 aromatic rings. The first-order valence-corrected chi connectivity index (χ1v) is 8.24. The predicted octanol–water partition coefficient (Wildman–Crippen LogP) is 4.57. The van der Waals surface area contributed by atoms with Crippen LogP contribution in [0.4, 0.5) is 22.0 Å². The number of rotatable bonds is 6. The molecule has 2 unspecified atom stereocenters. The molecule has 1 aliphatic rings. The third-order valence-corrected chi connectivity index (χ3v) is 4.43. The smallest absolute Gasteiger partial charge is 0.431 e. The summed E-state index contributed by atoms with van der Waals surface area (Å²) in [4.78, 5) is 23.4. The van der Waals surface area contributed by atoms with Gasteiger partial charge >= 0.3 is 24.0 Å². The van der Waals surface area contributed by atoms with Gasteiger partial charge < -0.3 is 9.47 Å². The van der Waals surface area contributed by atoms with Crippen molar-refractivity contribution in [2.75, 3.05) is 0 Å². The number of esters is 2. The number of carbonyl (C=O) groups excluding carboxylic acids is 2. The lowest BCUT2D eigenvalue weighted by Gasteiger charge is -2.42. The van der Waals surface area contributed by atoms with Crippen molar-refractivity contribution in [1.29, 1.82) is 0 Å². The van der Waals surface area contributed by atoms with Crippen LogP contribution in [-0.2, 0) is 19.1 Å². The molecule has 0 aliphatic heterocycles. The molecule has 0 spiro atoms. The third-order valence-electron chi connectivity index (χ3n) is 4.43. The number of halogens is 5. The highest BCUT2D eigenvalue weighted by Gasteiger charge is 2.64. The maximum Gasteiger partial charge on any atom is 0.431 e. The maximum absolute atomic E-state index is 13.8. The summed E-state index contributed by atoms with van der Waals surface area (Å²) in [5.74, 6) is -8.33. The number of hydrogen-bond acceptors (Lipinski definition) is 4. The van der Waals surface area contributed by atoms with Gasteiger partial charge in [-0.2, -0.15) is 22.0 Å². The SMILES string of the molecule is C=C(C)C(=O)OC(C1CCCCC1)C(C)(OC(=O)C(C)(F)F)C(F)(F)F. The van der Waals surface area contributed by atoms with Crippen molar-refractivity contribution in [1.82, 2.24) is 0 Å². The van der Waals surface area contributed by atoms with Gasteiger partial charge in [0.2, 0.25) is 5.60 Å². The first-order chi connectivity index (χ1) is 11.7. The second-order valence-corrected chi connectivity index (χ2v) is 6.89. The van der Waals surface area contributed by atoms with Crippen molar-refractivity contribution in [2.24, 2.45) is 5.92 Å². The van der Waals surface area contributed by atoms with Crippen LogP contribution in [0.1, 0.15) is 52.9 Å². The van der Waals surface area contributed by atoms with Crippen LogP contribution in [0.5, 0.6) is 0 Å². The Morgan fingerprint density at radius 3 is 1.92 bits per heavy atom. The molecule has 2 atom stereocenters. The standard InChI is InChI=1S/C17H23F5O4/c1-10(2)13(23)25-12(11-8-6-5-7-9-11)15(3,17(20,21)22)26-14(24)16(4,18)19/h11-12H,1,5-9H2,2-4H3. The van der Waals surface area contributed by atoms with Gasteiger partial charge in [0.15, 0.2) is 6.10 Å². The second kappa shape index (κ2) is 7.92. The highest BCUT2D eigenvalue weighted by Crippen LogP contribution is 2.44. The van der Waals surface area contributed by atoms with Gasteiger partial charge in [-0.15, -0.1) is 0 Å². The summed E-state index contributed by atoms with van der Waals surface area (Å²) in [5, 5.41) is 0. The molecule has 1 saturated carbocycles. The van der Waals surface area contributed by atoms with Gasteiger partial charge in [-0.25, -0.2) is 9.59 Å². The highest BCUT2D eigenvalue weighted by atomic mass is 19.4. The Kier molecular flexibility index (Phi) is 6.81. The van der Waals surface area contributed by atoms with Gasteiger partial charge in [0, 0.05) is 18.4 Å². The molecule has 0 amide bonds. The van der Waals surface area contributed by atoms with E-state index in [2.05, 4.69) is 11.3 Å². The quantitative estimate of drug-likeness (QED) is 0.381. The molecule has 150 valence electrons. The minimum Gasteiger partial charge on any atom is -0.454 e. The minimum absolute atomic E-state index is 0.141. The molecule has 1 aliphatic carbocycles. The fourth-order valence-corrected chi connectivity index (χ4v) is 2.87. The van der Waals surface area contributed by atoms with E-state index in [1.54, 1.807) is 0 Å². The predicted molar refractivity (Wildman–Crippen MR) is 82.4 cm³/mol. The van der Waals surface area contributed by atoms with Crippen LogP contribution in [0.25, 0.3) is 0 Å². The monoisotopic (exact) mass is 386 g/mol. The molecule has 0 heterocycles. The van der Waals surface area contributed by atoms with Crippen LogP contribution in [0.2, 0.25) is 0 Å². The van der Waals surface area contributed by atoms with Crippen LogP contribution >= 0.6 is 0 Å². The van der Waals surface area contributed by atoms with Crippen LogP contribution in [0, 0.1) is 5.92 Å². The van der Waals surface area contributed by atoms with E-state index in [1.165, 1.54) is 6.92 Å². The molecular weight excluding hydrogens is 363 g/mol. The summed E-state index contributed by atoms with van der Waals surface area (Å²) in [6.07, 6.45) is -4.61. The lowest BCUT2D eigenvalue weighted by molar-refractivity contribution is -0.304. The van der Waals surface area contributed by atoms with E-state index in [-0.39, 0.29) is 12.5 Å². The minimum atomic E-state index is -5.23. The topological polar surface area (TPSA) is 52.6 Å². The van der Waals surface area contributed by atoms with E-state index in [1.807, 2.05) is 0 Å². The van der Waals surface area contributed by atoms with Gasteiger partial charge in [0.05, 0.1) is 0 Å². The van der Waals surface area contributed by atoms with E-state index in [0.717, 1.165) is 6.42 Å². The molecule has 0 aromatic carbocycles. The summed E-state index contributed by atoms with van der Waals surface area (Å²) < 4.78 is 76.9. The van der Waals surface area contributed by atoms with Crippen molar-refractivity contribution in [3.8, 4) is 0 Å². The van der Waals surface area contributed by atoms with Crippen LogP contribution in [0.15, 0.2) is 12.2 Å². The average molecular weight is 386 g/mol. The van der Waals surface area contributed by atoms with Gasteiger partial charge in [-0.05, 0) is 26.7 Å². The van der Waals surface area contributed by atoms with E-state index < -0.39 is 41.7 Å². The molecule has 1 fully saturated rings. The second-order valence-electron chi connectivity index (χ2n) is 6.89. The fourth-order valence-electron chi connectivity index (χ4n) is 2.87. The molecule has 0 aromatic heterocycles. The summed E-state index contributed by atoms with van der Waals surface area (Å²) in [6.45, 7) is 5.16. The Morgan fingerprint density at radius 1 is 1.04 bits per heavy atom. The Labute approximate surface area is 148 Å². The number of alkyl halides is 5. The Morgan fingerprint density at radius 2 is 1.54 bits per heavy atom. The van der Waals surface area contributed by atoms with Crippen molar-refractivity contribution < 1.29 is 41.0 Å². The molecule has 4 nitrogen and oxygen atoms in total. The maximum atomic E-state index is 13.8. The number of hydrogen-bond donors (Lipinski definition) is 0. The van der Waals surface area contributed by atoms with Crippen LogP contribution in [-0.4, -0.2) is 35.7 Å². The molecule has 1 rings (SSSR count).